The fourth-order valence-electron chi connectivity index (χ4n) is 5.81. The maximum Gasteiger partial charge on any atom is 0.432 e. The van der Waals surface area contributed by atoms with Crippen molar-refractivity contribution in [1.29, 1.82) is 0 Å². The van der Waals surface area contributed by atoms with Crippen LogP contribution in [0.25, 0.3) is 0 Å². The summed E-state index contributed by atoms with van der Waals surface area (Å²) in [5.41, 5.74) is -1.25. The Labute approximate surface area is 231 Å². The van der Waals surface area contributed by atoms with Crippen LogP contribution < -0.4 is 0 Å². The minimum Gasteiger partial charge on any atom is -0.340 e. The van der Waals surface area contributed by atoms with Gasteiger partial charge in [-0.1, -0.05) is 63.2 Å². The van der Waals surface area contributed by atoms with Gasteiger partial charge in [0.2, 0.25) is 0 Å². The second-order valence-electron chi connectivity index (χ2n) is 11.8. The molecule has 0 bridgehead atoms. The summed E-state index contributed by atoms with van der Waals surface area (Å²) in [6.45, 7) is 6.21. The number of ketones is 1. The van der Waals surface area contributed by atoms with Gasteiger partial charge in [0.1, 0.15) is 5.69 Å². The van der Waals surface area contributed by atoms with E-state index in [2.05, 4.69) is 25.8 Å². The summed E-state index contributed by atoms with van der Waals surface area (Å²) >= 11 is 12.3. The molecule has 5 nitrogen and oxygen atoms in total. The van der Waals surface area contributed by atoms with Crippen LogP contribution in [0, 0.1) is 17.3 Å². The minimum absolute atomic E-state index is 0.0122. The third-order valence-electron chi connectivity index (χ3n) is 8.08. The van der Waals surface area contributed by atoms with Gasteiger partial charge in [0.05, 0.1) is 27.7 Å². The third kappa shape index (κ3) is 6.22. The van der Waals surface area contributed by atoms with E-state index in [1.807, 2.05) is 0 Å². The molecule has 2 saturated carbocycles. The van der Waals surface area contributed by atoms with E-state index in [4.69, 9.17) is 23.2 Å². The molecule has 0 aromatic carbocycles. The van der Waals surface area contributed by atoms with Crippen molar-refractivity contribution >= 4 is 34.9 Å². The molecule has 2 aromatic rings. The number of pyridine rings is 1. The van der Waals surface area contributed by atoms with Crippen LogP contribution in [-0.4, -0.2) is 39.2 Å². The molecule has 2 aromatic heterocycles. The van der Waals surface area contributed by atoms with Crippen molar-refractivity contribution in [3.63, 3.8) is 0 Å². The Morgan fingerprint density at radius 2 is 1.66 bits per heavy atom. The average molecular weight is 572 g/mol. The Hall–Kier alpha value is -2.06. The topological polar surface area (TPSA) is 55.2 Å². The molecule has 1 amide bonds. The van der Waals surface area contributed by atoms with E-state index in [0.29, 0.717) is 18.8 Å². The Morgan fingerprint density at radius 3 is 2.21 bits per heavy atom. The van der Waals surface area contributed by atoms with E-state index in [9.17, 15) is 22.8 Å². The van der Waals surface area contributed by atoms with Gasteiger partial charge in [-0.3, -0.25) is 14.6 Å². The number of aromatic nitrogens is 2. The van der Waals surface area contributed by atoms with Crippen LogP contribution in [0.15, 0.2) is 24.7 Å². The number of alkyl halides is 3. The van der Waals surface area contributed by atoms with Crippen LogP contribution in [0.3, 0.4) is 0 Å². The van der Waals surface area contributed by atoms with Gasteiger partial charge in [-0.15, -0.1) is 0 Å². The fraction of sp³-hybridized carbons (Fsp3) is 0.607. The van der Waals surface area contributed by atoms with E-state index in [-0.39, 0.29) is 39.5 Å². The van der Waals surface area contributed by atoms with Gasteiger partial charge in [-0.2, -0.15) is 13.2 Å². The second kappa shape index (κ2) is 11.2. The lowest BCUT2D eigenvalue weighted by Gasteiger charge is -2.45. The summed E-state index contributed by atoms with van der Waals surface area (Å²) in [6, 6.07) is 0.952. The number of carbonyl (C=O) groups is 2. The summed E-state index contributed by atoms with van der Waals surface area (Å²) in [6.07, 6.45) is 4.89. The highest BCUT2D eigenvalue weighted by Gasteiger charge is 2.43. The van der Waals surface area contributed by atoms with E-state index in [1.54, 1.807) is 0 Å². The van der Waals surface area contributed by atoms with Gasteiger partial charge in [0.15, 0.2) is 5.78 Å². The predicted molar refractivity (Wildman–Crippen MR) is 142 cm³/mol. The smallest absolute Gasteiger partial charge is 0.340 e. The molecule has 0 saturated heterocycles. The standard InChI is InChI=1S/C28H34Cl2F3N3O2/c1-27(2,3)18-11-17(12-18)15-35(16-23(37)24-21(29)13-34-14-22(24)30)26(38)20-9-10-36(25(20)28(31,32)33)19-7-5-4-6-8-19/h9-10,13-14,17-19H,4-8,11-12,15-16H2,1-3H3/t17-,18+. The van der Waals surface area contributed by atoms with Crippen LogP contribution in [0.1, 0.15) is 98.2 Å². The Balaban J connectivity index is 1.65. The SMILES string of the molecule is CC(C)(C)[C@H]1C[C@@H](CN(CC(=O)c2c(Cl)cncc2Cl)C(=O)c2ccn(C3CCCCC3)c2C(F)(F)F)C1. The Kier molecular flexibility index (Phi) is 8.53. The van der Waals surface area contributed by atoms with Crippen LogP contribution >= 0.6 is 23.2 Å². The van der Waals surface area contributed by atoms with Crippen molar-refractivity contribution < 1.29 is 22.8 Å². The first-order chi connectivity index (χ1) is 17.8. The zero-order chi connectivity index (χ0) is 27.8. The highest BCUT2D eigenvalue weighted by Crippen LogP contribution is 2.46. The van der Waals surface area contributed by atoms with Crippen LogP contribution in [-0.2, 0) is 6.18 Å². The van der Waals surface area contributed by atoms with Crippen LogP contribution in [0.5, 0.6) is 0 Å². The number of Topliss-reactive ketones (excluding diaryl/α,β-unsaturated/α-hetero) is 1. The van der Waals surface area contributed by atoms with Crippen molar-refractivity contribution in [2.24, 2.45) is 17.3 Å². The molecule has 2 aliphatic rings. The van der Waals surface area contributed by atoms with E-state index >= 15 is 0 Å². The van der Waals surface area contributed by atoms with Gasteiger partial charge in [0, 0.05) is 31.2 Å². The first-order valence-corrected chi connectivity index (χ1v) is 13.9. The van der Waals surface area contributed by atoms with Crippen molar-refractivity contribution in [1.82, 2.24) is 14.5 Å². The number of nitrogens with zero attached hydrogens (tertiary/aromatic N) is 3. The number of rotatable bonds is 7. The molecule has 2 heterocycles. The first kappa shape index (κ1) is 28.9. The van der Waals surface area contributed by atoms with Crippen LogP contribution in [0.2, 0.25) is 10.0 Å². The molecular formula is C28H34Cl2F3N3O2. The molecule has 0 atom stereocenters. The second-order valence-corrected chi connectivity index (χ2v) is 12.6. The number of carbonyl (C=O) groups excluding carboxylic acids is 2. The van der Waals surface area contributed by atoms with Gasteiger partial charge in [0.25, 0.3) is 5.91 Å². The van der Waals surface area contributed by atoms with Crippen molar-refractivity contribution in [2.45, 2.75) is 77.9 Å². The molecule has 0 unspecified atom stereocenters. The lowest BCUT2D eigenvalue weighted by Crippen LogP contribution is -2.45. The molecule has 0 N–H and O–H groups in total. The predicted octanol–water partition coefficient (Wildman–Crippen LogP) is 8.11. The average Bonchev–Trinajstić information content (AvgIpc) is 3.25. The first-order valence-electron chi connectivity index (χ1n) is 13.2. The molecular weight excluding hydrogens is 538 g/mol. The summed E-state index contributed by atoms with van der Waals surface area (Å²) in [4.78, 5) is 32.1. The fourth-order valence-corrected chi connectivity index (χ4v) is 6.38. The highest BCUT2D eigenvalue weighted by atomic mass is 35.5. The van der Waals surface area contributed by atoms with Gasteiger partial charge < -0.3 is 9.47 Å². The van der Waals surface area contributed by atoms with Crippen molar-refractivity contribution in [2.75, 3.05) is 13.1 Å². The molecule has 10 heteroatoms. The third-order valence-corrected chi connectivity index (χ3v) is 8.65. The number of halogens is 5. The van der Waals surface area contributed by atoms with Crippen LogP contribution in [0.4, 0.5) is 13.2 Å². The molecule has 0 radical (unpaired) electrons. The maximum atomic E-state index is 14.4. The molecule has 2 aliphatic carbocycles. The van der Waals surface area contributed by atoms with Crippen molar-refractivity contribution in [3.8, 4) is 0 Å². The van der Waals surface area contributed by atoms with Crippen molar-refractivity contribution in [3.05, 3.63) is 51.5 Å². The Morgan fingerprint density at radius 1 is 1.05 bits per heavy atom. The summed E-state index contributed by atoms with van der Waals surface area (Å²) < 4.78 is 44.4. The summed E-state index contributed by atoms with van der Waals surface area (Å²) in [5.74, 6) is -0.806. The zero-order valence-electron chi connectivity index (χ0n) is 22.0. The van der Waals surface area contributed by atoms with E-state index in [0.717, 1.165) is 32.1 Å². The van der Waals surface area contributed by atoms with Gasteiger partial charge in [-0.05, 0) is 49.0 Å². The normalized spacial score (nSPS) is 20.7. The van der Waals surface area contributed by atoms with Gasteiger partial charge in [-0.25, -0.2) is 0 Å². The quantitative estimate of drug-likeness (QED) is 0.315. The molecule has 38 heavy (non-hydrogen) atoms. The lowest BCUT2D eigenvalue weighted by molar-refractivity contribution is -0.144. The minimum atomic E-state index is -4.72. The molecule has 0 spiro atoms. The molecule has 2 fully saturated rings. The molecule has 4 rings (SSSR count). The summed E-state index contributed by atoms with van der Waals surface area (Å²) in [7, 11) is 0. The number of amides is 1. The van der Waals surface area contributed by atoms with Gasteiger partial charge >= 0.3 is 6.18 Å². The molecule has 208 valence electrons. The monoisotopic (exact) mass is 571 g/mol. The Bertz CT molecular complexity index is 1160. The van der Waals surface area contributed by atoms with E-state index < -0.39 is 35.7 Å². The maximum absolute atomic E-state index is 14.4. The largest absolute Gasteiger partial charge is 0.432 e. The number of hydrogen-bond donors (Lipinski definition) is 0. The number of hydrogen-bond acceptors (Lipinski definition) is 3. The molecule has 0 aliphatic heterocycles. The zero-order valence-corrected chi connectivity index (χ0v) is 23.5. The highest BCUT2D eigenvalue weighted by molar-refractivity contribution is 6.39. The van der Waals surface area contributed by atoms with E-state index in [1.165, 1.54) is 34.1 Å². The summed E-state index contributed by atoms with van der Waals surface area (Å²) in [5, 5.41) is 0.0662. The lowest BCUT2D eigenvalue weighted by atomic mass is 9.63.